The van der Waals surface area contributed by atoms with E-state index in [0.717, 1.165) is 16.8 Å². The standard InChI is InChI=1S/C21H21N3O3S/c1-15-9-10-18(12-16(15)2)24-28(26,27)20-8-5-6-17(13-20)21(25)23-14-19-7-3-4-11-22-19/h3-13,24H,14H2,1-2H3,(H,23,25). The number of hydrogen-bond acceptors (Lipinski definition) is 4. The molecule has 0 atom stereocenters. The largest absolute Gasteiger partial charge is 0.346 e. The maximum absolute atomic E-state index is 12.7. The summed E-state index contributed by atoms with van der Waals surface area (Å²) in [7, 11) is -3.81. The van der Waals surface area contributed by atoms with Crippen LogP contribution in [0.5, 0.6) is 0 Å². The first-order valence-electron chi connectivity index (χ1n) is 8.73. The molecule has 1 amide bonds. The number of carbonyl (C=O) groups is 1. The highest BCUT2D eigenvalue weighted by atomic mass is 32.2. The first-order valence-corrected chi connectivity index (χ1v) is 10.2. The van der Waals surface area contributed by atoms with Gasteiger partial charge in [-0.3, -0.25) is 14.5 Å². The molecule has 0 unspecified atom stereocenters. The Morgan fingerprint density at radius 2 is 1.79 bits per heavy atom. The number of pyridine rings is 1. The van der Waals surface area contributed by atoms with E-state index < -0.39 is 10.0 Å². The molecular weight excluding hydrogens is 374 g/mol. The molecule has 0 spiro atoms. The van der Waals surface area contributed by atoms with Gasteiger partial charge in [0.15, 0.2) is 0 Å². The molecule has 0 saturated heterocycles. The molecule has 3 rings (SSSR count). The number of carbonyl (C=O) groups excluding carboxylic acids is 1. The van der Waals surface area contributed by atoms with Crippen LogP contribution in [-0.2, 0) is 16.6 Å². The molecule has 3 aromatic rings. The van der Waals surface area contributed by atoms with Crippen molar-refractivity contribution >= 4 is 21.6 Å². The van der Waals surface area contributed by atoms with Gasteiger partial charge in [0.1, 0.15) is 0 Å². The zero-order chi connectivity index (χ0) is 20.1. The van der Waals surface area contributed by atoms with Gasteiger partial charge in [-0.15, -0.1) is 0 Å². The molecule has 0 radical (unpaired) electrons. The summed E-state index contributed by atoms with van der Waals surface area (Å²) in [6, 6.07) is 16.7. The minimum atomic E-state index is -3.81. The second-order valence-corrected chi connectivity index (χ2v) is 8.12. The number of aromatic nitrogens is 1. The van der Waals surface area contributed by atoms with Crippen molar-refractivity contribution < 1.29 is 13.2 Å². The van der Waals surface area contributed by atoms with Crippen LogP contribution in [0.2, 0.25) is 0 Å². The van der Waals surface area contributed by atoms with Crippen molar-refractivity contribution in [3.05, 3.63) is 89.2 Å². The van der Waals surface area contributed by atoms with Gasteiger partial charge in [0.25, 0.3) is 15.9 Å². The Bertz CT molecular complexity index is 1100. The predicted molar refractivity (Wildman–Crippen MR) is 109 cm³/mol. The monoisotopic (exact) mass is 395 g/mol. The summed E-state index contributed by atoms with van der Waals surface area (Å²) in [6.07, 6.45) is 1.65. The highest BCUT2D eigenvalue weighted by Crippen LogP contribution is 2.19. The van der Waals surface area contributed by atoms with E-state index in [9.17, 15) is 13.2 Å². The van der Waals surface area contributed by atoms with E-state index in [2.05, 4.69) is 15.0 Å². The topological polar surface area (TPSA) is 88.2 Å². The van der Waals surface area contributed by atoms with Crippen molar-refractivity contribution in [1.82, 2.24) is 10.3 Å². The second-order valence-electron chi connectivity index (χ2n) is 6.44. The minimum absolute atomic E-state index is 0.0243. The summed E-state index contributed by atoms with van der Waals surface area (Å²) < 4.78 is 28.0. The predicted octanol–water partition coefficient (Wildman–Crippen LogP) is 3.43. The Kier molecular flexibility index (Phi) is 5.75. The van der Waals surface area contributed by atoms with Gasteiger partial charge in [-0.1, -0.05) is 18.2 Å². The molecule has 0 aliphatic rings. The number of sulfonamides is 1. The summed E-state index contributed by atoms with van der Waals surface area (Å²) in [5.41, 5.74) is 3.53. The van der Waals surface area contributed by atoms with Crippen molar-refractivity contribution in [3.63, 3.8) is 0 Å². The van der Waals surface area contributed by atoms with E-state index in [0.29, 0.717) is 5.69 Å². The normalized spacial score (nSPS) is 11.1. The maximum Gasteiger partial charge on any atom is 0.261 e. The Morgan fingerprint density at radius 3 is 2.50 bits per heavy atom. The molecule has 2 aromatic carbocycles. The van der Waals surface area contributed by atoms with Crippen LogP contribution in [-0.4, -0.2) is 19.3 Å². The number of anilines is 1. The van der Waals surface area contributed by atoms with Crippen LogP contribution in [0.4, 0.5) is 5.69 Å². The lowest BCUT2D eigenvalue weighted by molar-refractivity contribution is 0.0950. The van der Waals surface area contributed by atoms with Crippen molar-refractivity contribution in [3.8, 4) is 0 Å². The average Bonchev–Trinajstić information content (AvgIpc) is 2.69. The first kappa shape index (κ1) is 19.6. The summed E-state index contributed by atoms with van der Waals surface area (Å²) in [6.45, 7) is 4.14. The molecule has 6 nitrogen and oxygen atoms in total. The Morgan fingerprint density at radius 1 is 0.964 bits per heavy atom. The maximum atomic E-state index is 12.7. The van der Waals surface area contributed by atoms with E-state index in [4.69, 9.17) is 0 Å². The Labute approximate surface area is 164 Å². The molecule has 28 heavy (non-hydrogen) atoms. The number of aryl methyl sites for hydroxylation is 2. The third-order valence-electron chi connectivity index (χ3n) is 4.32. The van der Waals surface area contributed by atoms with Crippen LogP contribution in [0.15, 0.2) is 71.8 Å². The number of nitrogens with zero attached hydrogens (tertiary/aromatic N) is 1. The Hall–Kier alpha value is -3.19. The van der Waals surface area contributed by atoms with Crippen LogP contribution >= 0.6 is 0 Å². The molecular formula is C21H21N3O3S. The lowest BCUT2D eigenvalue weighted by Gasteiger charge is -2.11. The fourth-order valence-electron chi connectivity index (χ4n) is 2.60. The fraction of sp³-hybridized carbons (Fsp3) is 0.143. The van der Waals surface area contributed by atoms with Crippen LogP contribution in [0, 0.1) is 13.8 Å². The van der Waals surface area contributed by atoms with Gasteiger partial charge in [-0.2, -0.15) is 0 Å². The lowest BCUT2D eigenvalue weighted by atomic mass is 10.1. The van der Waals surface area contributed by atoms with E-state index in [1.807, 2.05) is 26.0 Å². The fourth-order valence-corrected chi connectivity index (χ4v) is 3.69. The van der Waals surface area contributed by atoms with Gasteiger partial charge in [-0.05, 0) is 67.4 Å². The molecule has 0 bridgehead atoms. The van der Waals surface area contributed by atoms with E-state index in [1.165, 1.54) is 12.1 Å². The van der Waals surface area contributed by atoms with Gasteiger partial charge in [0.2, 0.25) is 0 Å². The number of amides is 1. The number of hydrogen-bond donors (Lipinski definition) is 2. The molecule has 0 aliphatic heterocycles. The first-order chi connectivity index (χ1) is 13.3. The molecule has 1 heterocycles. The minimum Gasteiger partial charge on any atom is -0.346 e. The SMILES string of the molecule is Cc1ccc(NS(=O)(=O)c2cccc(C(=O)NCc3ccccn3)c2)cc1C. The van der Waals surface area contributed by atoms with E-state index >= 15 is 0 Å². The van der Waals surface area contributed by atoms with Gasteiger partial charge in [0, 0.05) is 17.4 Å². The van der Waals surface area contributed by atoms with Crippen molar-refractivity contribution in [2.75, 3.05) is 4.72 Å². The quantitative estimate of drug-likeness (QED) is 0.669. The summed E-state index contributed by atoms with van der Waals surface area (Å²) in [4.78, 5) is 16.5. The molecule has 2 N–H and O–H groups in total. The van der Waals surface area contributed by atoms with Crippen LogP contribution in [0.1, 0.15) is 27.2 Å². The number of nitrogens with one attached hydrogen (secondary N) is 2. The zero-order valence-corrected chi connectivity index (χ0v) is 16.5. The van der Waals surface area contributed by atoms with Crippen LogP contribution in [0.25, 0.3) is 0 Å². The number of benzene rings is 2. The Balaban J connectivity index is 1.75. The van der Waals surface area contributed by atoms with Gasteiger partial charge < -0.3 is 5.32 Å². The summed E-state index contributed by atoms with van der Waals surface area (Å²) in [5, 5.41) is 2.74. The molecule has 7 heteroatoms. The molecule has 0 saturated carbocycles. The average molecular weight is 395 g/mol. The zero-order valence-electron chi connectivity index (χ0n) is 15.6. The highest BCUT2D eigenvalue weighted by Gasteiger charge is 2.17. The van der Waals surface area contributed by atoms with Crippen LogP contribution in [0.3, 0.4) is 0 Å². The van der Waals surface area contributed by atoms with Crippen molar-refractivity contribution in [2.45, 2.75) is 25.3 Å². The molecule has 1 aromatic heterocycles. The van der Waals surface area contributed by atoms with Crippen molar-refractivity contribution in [2.24, 2.45) is 0 Å². The molecule has 144 valence electrons. The molecule has 0 fully saturated rings. The van der Waals surface area contributed by atoms with Gasteiger partial charge >= 0.3 is 0 Å². The van der Waals surface area contributed by atoms with Crippen molar-refractivity contribution in [1.29, 1.82) is 0 Å². The van der Waals surface area contributed by atoms with Crippen LogP contribution < -0.4 is 10.0 Å². The highest BCUT2D eigenvalue weighted by molar-refractivity contribution is 7.92. The number of rotatable bonds is 6. The smallest absolute Gasteiger partial charge is 0.261 e. The summed E-state index contributed by atoms with van der Waals surface area (Å²) >= 11 is 0. The summed E-state index contributed by atoms with van der Waals surface area (Å²) in [5.74, 6) is -0.367. The van der Waals surface area contributed by atoms with E-state index in [-0.39, 0.29) is 22.9 Å². The second kappa shape index (κ2) is 8.22. The third kappa shape index (κ3) is 4.75. The lowest BCUT2D eigenvalue weighted by Crippen LogP contribution is -2.23. The van der Waals surface area contributed by atoms with E-state index in [1.54, 1.807) is 42.6 Å². The van der Waals surface area contributed by atoms with Gasteiger partial charge in [-0.25, -0.2) is 8.42 Å². The van der Waals surface area contributed by atoms with Gasteiger partial charge in [0.05, 0.1) is 17.1 Å². The molecule has 0 aliphatic carbocycles. The third-order valence-corrected chi connectivity index (χ3v) is 5.70.